The molecule has 4 unspecified atom stereocenters. The Balaban J connectivity index is 1.13. The summed E-state index contributed by atoms with van der Waals surface area (Å²) in [6.07, 6.45) is 6.60. The average Bonchev–Trinajstić information content (AvgIpc) is 3.36. The molecule has 3 saturated heterocycles. The molecule has 4 aliphatic heterocycles. The summed E-state index contributed by atoms with van der Waals surface area (Å²) in [7, 11) is 0. The zero-order valence-corrected chi connectivity index (χ0v) is 16.6. The Morgan fingerprint density at radius 1 is 1.21 bits per heavy atom. The minimum Gasteiger partial charge on any atom is -0.481 e. The van der Waals surface area contributed by atoms with Crippen LogP contribution in [0.25, 0.3) is 0 Å². The zero-order chi connectivity index (χ0) is 20.0. The summed E-state index contributed by atoms with van der Waals surface area (Å²) in [4.78, 5) is 29.0. The summed E-state index contributed by atoms with van der Waals surface area (Å²) in [5.41, 5.74) is 0.652. The fourth-order valence-electron chi connectivity index (χ4n) is 5.66. The molecule has 2 bridgehead atoms. The van der Waals surface area contributed by atoms with Crippen molar-refractivity contribution >= 4 is 11.9 Å². The van der Waals surface area contributed by atoms with Gasteiger partial charge in [0.15, 0.2) is 0 Å². The van der Waals surface area contributed by atoms with E-state index in [0.29, 0.717) is 19.0 Å². The lowest BCUT2D eigenvalue weighted by atomic mass is 9.77. The Bertz CT molecular complexity index is 817. The van der Waals surface area contributed by atoms with Crippen LogP contribution in [0.3, 0.4) is 0 Å². The third-order valence-electron chi connectivity index (χ3n) is 7.23. The SMILES string of the molecule is O=C(O)C1C2C=CC3(CN(CCC4CCN(Cc5ccccc5)CC4)C(=O)C13)O2. The van der Waals surface area contributed by atoms with Crippen molar-refractivity contribution in [3.8, 4) is 0 Å². The molecule has 4 heterocycles. The molecular weight excluding hydrogens is 368 g/mol. The van der Waals surface area contributed by atoms with Crippen molar-refractivity contribution in [3.63, 3.8) is 0 Å². The van der Waals surface area contributed by atoms with Gasteiger partial charge in [-0.2, -0.15) is 0 Å². The quantitative estimate of drug-likeness (QED) is 0.747. The highest BCUT2D eigenvalue weighted by Gasteiger charge is 2.66. The summed E-state index contributed by atoms with van der Waals surface area (Å²) in [6.45, 7) is 4.39. The van der Waals surface area contributed by atoms with Crippen LogP contribution in [-0.4, -0.2) is 64.7 Å². The van der Waals surface area contributed by atoms with E-state index in [2.05, 4.69) is 29.2 Å². The van der Waals surface area contributed by atoms with Gasteiger partial charge in [0.2, 0.25) is 5.91 Å². The van der Waals surface area contributed by atoms with Gasteiger partial charge in [0.05, 0.1) is 18.6 Å². The molecule has 0 radical (unpaired) electrons. The lowest BCUT2D eigenvalue weighted by molar-refractivity contribution is -0.148. The number of carboxylic acid groups (broad SMARTS) is 1. The van der Waals surface area contributed by atoms with Gasteiger partial charge in [-0.15, -0.1) is 0 Å². The lowest BCUT2D eigenvalue weighted by Gasteiger charge is -2.33. The number of carbonyl (C=O) groups excluding carboxylic acids is 1. The Hall–Kier alpha value is -2.18. The van der Waals surface area contributed by atoms with E-state index in [1.807, 2.05) is 23.1 Å². The van der Waals surface area contributed by atoms with E-state index in [-0.39, 0.29) is 5.91 Å². The Morgan fingerprint density at radius 3 is 2.69 bits per heavy atom. The van der Waals surface area contributed by atoms with E-state index in [9.17, 15) is 14.7 Å². The van der Waals surface area contributed by atoms with Crippen molar-refractivity contribution < 1.29 is 19.4 Å². The maximum Gasteiger partial charge on any atom is 0.310 e. The first-order valence-electron chi connectivity index (χ1n) is 10.7. The first kappa shape index (κ1) is 18.8. The number of rotatable bonds is 6. The third kappa shape index (κ3) is 3.28. The highest BCUT2D eigenvalue weighted by molar-refractivity contribution is 5.90. The van der Waals surface area contributed by atoms with Crippen molar-refractivity contribution in [1.29, 1.82) is 0 Å². The van der Waals surface area contributed by atoms with Gasteiger partial charge in [0, 0.05) is 13.1 Å². The molecule has 1 amide bonds. The predicted molar refractivity (Wildman–Crippen MR) is 107 cm³/mol. The van der Waals surface area contributed by atoms with Crippen molar-refractivity contribution in [2.75, 3.05) is 26.2 Å². The van der Waals surface area contributed by atoms with Crippen LogP contribution < -0.4 is 0 Å². The summed E-state index contributed by atoms with van der Waals surface area (Å²) in [6, 6.07) is 10.6. The third-order valence-corrected chi connectivity index (χ3v) is 7.23. The standard InChI is InChI=1S/C23H28N2O4/c26-21-20-19(22(27)28)18-6-10-23(20,29-18)15-25(21)13-9-16-7-11-24(12-8-16)14-17-4-2-1-3-5-17/h1-6,10,16,18-20H,7-9,11-15H2,(H,27,28). The minimum atomic E-state index is -0.924. The normalized spacial score (nSPS) is 34.1. The number of fused-ring (bicyclic) bond motifs is 1. The summed E-state index contributed by atoms with van der Waals surface area (Å²) in [5, 5.41) is 9.56. The van der Waals surface area contributed by atoms with Crippen LogP contribution in [0.2, 0.25) is 0 Å². The van der Waals surface area contributed by atoms with Crippen molar-refractivity contribution in [1.82, 2.24) is 9.80 Å². The number of carboxylic acids is 1. The van der Waals surface area contributed by atoms with Gasteiger partial charge in [-0.3, -0.25) is 14.5 Å². The first-order chi connectivity index (χ1) is 14.1. The van der Waals surface area contributed by atoms with Gasteiger partial charge >= 0.3 is 5.97 Å². The largest absolute Gasteiger partial charge is 0.481 e. The molecule has 4 atom stereocenters. The summed E-state index contributed by atoms with van der Waals surface area (Å²) in [5.74, 6) is -1.63. The van der Waals surface area contributed by atoms with Crippen LogP contribution in [0, 0.1) is 17.8 Å². The molecule has 1 spiro atoms. The fourth-order valence-corrected chi connectivity index (χ4v) is 5.66. The Morgan fingerprint density at radius 2 is 1.97 bits per heavy atom. The molecule has 0 aliphatic carbocycles. The van der Waals surface area contributed by atoms with Crippen LogP contribution in [0.4, 0.5) is 0 Å². The number of hydrogen-bond acceptors (Lipinski definition) is 4. The van der Waals surface area contributed by atoms with Gasteiger partial charge in [0.25, 0.3) is 0 Å². The van der Waals surface area contributed by atoms with Crippen LogP contribution in [0.1, 0.15) is 24.8 Å². The van der Waals surface area contributed by atoms with Crippen LogP contribution in [0.5, 0.6) is 0 Å². The van der Waals surface area contributed by atoms with Crippen molar-refractivity contribution in [2.45, 2.75) is 37.5 Å². The van der Waals surface area contributed by atoms with E-state index in [4.69, 9.17) is 4.74 Å². The molecule has 6 nitrogen and oxygen atoms in total. The Kier molecular flexibility index (Phi) is 4.71. The fraction of sp³-hybridized carbons (Fsp3) is 0.565. The maximum atomic E-state index is 13.0. The molecule has 1 aromatic carbocycles. The van der Waals surface area contributed by atoms with Crippen LogP contribution >= 0.6 is 0 Å². The molecular formula is C23H28N2O4. The second-order valence-corrected chi connectivity index (χ2v) is 8.99. The smallest absolute Gasteiger partial charge is 0.310 e. The molecule has 0 saturated carbocycles. The van der Waals surface area contributed by atoms with E-state index in [0.717, 1.165) is 38.9 Å². The van der Waals surface area contributed by atoms with Gasteiger partial charge in [-0.05, 0) is 43.8 Å². The molecule has 0 aromatic heterocycles. The van der Waals surface area contributed by atoms with Crippen molar-refractivity contribution in [3.05, 3.63) is 48.0 Å². The first-order valence-corrected chi connectivity index (χ1v) is 10.7. The number of nitrogens with zero attached hydrogens (tertiary/aromatic N) is 2. The van der Waals surface area contributed by atoms with Crippen LogP contribution in [0.15, 0.2) is 42.5 Å². The zero-order valence-electron chi connectivity index (χ0n) is 16.6. The topological polar surface area (TPSA) is 70.1 Å². The van der Waals surface area contributed by atoms with Gasteiger partial charge in [-0.1, -0.05) is 42.5 Å². The molecule has 4 aliphatic rings. The summed E-state index contributed by atoms with van der Waals surface area (Å²) >= 11 is 0. The molecule has 154 valence electrons. The number of benzene rings is 1. The Labute approximate surface area is 171 Å². The van der Waals surface area contributed by atoms with E-state index < -0.39 is 29.5 Å². The second-order valence-electron chi connectivity index (χ2n) is 8.99. The van der Waals surface area contributed by atoms with E-state index in [1.165, 1.54) is 5.56 Å². The number of ether oxygens (including phenoxy) is 1. The van der Waals surface area contributed by atoms with E-state index in [1.54, 1.807) is 0 Å². The molecule has 1 aromatic rings. The molecule has 1 N–H and O–H groups in total. The molecule has 5 rings (SSSR count). The highest BCUT2D eigenvalue weighted by atomic mass is 16.5. The number of hydrogen-bond donors (Lipinski definition) is 1. The van der Waals surface area contributed by atoms with E-state index >= 15 is 0 Å². The number of amides is 1. The number of carbonyl (C=O) groups is 2. The molecule has 3 fully saturated rings. The number of aliphatic carboxylic acids is 1. The summed E-state index contributed by atoms with van der Waals surface area (Å²) < 4.78 is 5.96. The second kappa shape index (κ2) is 7.26. The van der Waals surface area contributed by atoms with Gasteiger partial charge in [0.1, 0.15) is 11.5 Å². The number of piperidine rings is 1. The van der Waals surface area contributed by atoms with Crippen molar-refractivity contribution in [2.24, 2.45) is 17.8 Å². The monoisotopic (exact) mass is 396 g/mol. The minimum absolute atomic E-state index is 0.0363. The predicted octanol–water partition coefficient (Wildman–Crippen LogP) is 2.16. The molecule has 6 heteroatoms. The average molecular weight is 396 g/mol. The maximum absolute atomic E-state index is 13.0. The van der Waals surface area contributed by atoms with Gasteiger partial charge < -0.3 is 14.7 Å². The number of likely N-dealkylation sites (tertiary alicyclic amines) is 2. The van der Waals surface area contributed by atoms with Gasteiger partial charge in [-0.25, -0.2) is 0 Å². The lowest BCUT2D eigenvalue weighted by Crippen LogP contribution is -2.39. The molecule has 29 heavy (non-hydrogen) atoms. The van der Waals surface area contributed by atoms with Crippen LogP contribution in [-0.2, 0) is 20.9 Å². The highest BCUT2D eigenvalue weighted by Crippen LogP contribution is 2.51.